The van der Waals surface area contributed by atoms with Gasteiger partial charge in [0, 0.05) is 6.04 Å². The fourth-order valence-electron chi connectivity index (χ4n) is 1.77. The molecular formula is C12H18BNO4. The van der Waals surface area contributed by atoms with Gasteiger partial charge in [0.05, 0.1) is 5.56 Å². The van der Waals surface area contributed by atoms with Crippen LogP contribution >= 0.6 is 0 Å². The molecule has 0 saturated heterocycles. The lowest BCUT2D eigenvalue weighted by Gasteiger charge is -2.15. The van der Waals surface area contributed by atoms with Crippen LogP contribution in [0, 0.1) is 0 Å². The van der Waals surface area contributed by atoms with Gasteiger partial charge >= 0.3 is 13.1 Å². The van der Waals surface area contributed by atoms with Crippen molar-refractivity contribution in [3.05, 3.63) is 35.4 Å². The first-order chi connectivity index (χ1) is 8.50. The molecule has 0 spiro atoms. The minimum absolute atomic E-state index is 0.0734. The summed E-state index contributed by atoms with van der Waals surface area (Å²) in [6.45, 7) is 2.41. The zero-order valence-electron chi connectivity index (χ0n) is 10.3. The number of rotatable bonds is 7. The summed E-state index contributed by atoms with van der Waals surface area (Å²) in [6.07, 6.45) is 0.842. The summed E-state index contributed by atoms with van der Waals surface area (Å²) in [5.74, 6) is -0.927. The van der Waals surface area contributed by atoms with Gasteiger partial charge < -0.3 is 20.5 Å². The maximum Gasteiger partial charge on any atom is 0.452 e. The maximum atomic E-state index is 11.0. The van der Waals surface area contributed by atoms with E-state index >= 15 is 0 Å². The SMILES string of the molecule is C[C@H](Cc1ccccc1C(=O)O)NCCB(O)O. The summed E-state index contributed by atoms with van der Waals surface area (Å²) in [5.41, 5.74) is 1.09. The lowest BCUT2D eigenvalue weighted by molar-refractivity contribution is 0.0695. The smallest absolute Gasteiger partial charge is 0.452 e. The molecule has 0 heterocycles. The van der Waals surface area contributed by atoms with Crippen LogP contribution in [0.1, 0.15) is 22.8 Å². The number of carboxylic acids is 1. The van der Waals surface area contributed by atoms with E-state index in [2.05, 4.69) is 5.32 Å². The molecule has 0 amide bonds. The highest BCUT2D eigenvalue weighted by atomic mass is 16.4. The predicted octanol–water partition coefficient (Wildman–Crippen LogP) is 0.378. The van der Waals surface area contributed by atoms with Gasteiger partial charge in [-0.15, -0.1) is 0 Å². The summed E-state index contributed by atoms with van der Waals surface area (Å²) in [7, 11) is -1.31. The summed E-state index contributed by atoms with van der Waals surface area (Å²) in [5, 5.41) is 29.6. The molecule has 1 aromatic carbocycles. The molecule has 1 atom stereocenters. The second-order valence-electron chi connectivity index (χ2n) is 4.29. The largest absolute Gasteiger partial charge is 0.478 e. The summed E-state index contributed by atoms with van der Waals surface area (Å²) >= 11 is 0. The molecule has 0 saturated carbocycles. The molecule has 0 aliphatic rings. The number of benzene rings is 1. The van der Waals surface area contributed by atoms with Crippen molar-refractivity contribution >= 4 is 13.1 Å². The van der Waals surface area contributed by atoms with Crippen LogP contribution in [-0.2, 0) is 6.42 Å². The van der Waals surface area contributed by atoms with Gasteiger partial charge in [0.2, 0.25) is 0 Å². The quantitative estimate of drug-likeness (QED) is 0.526. The molecule has 0 radical (unpaired) electrons. The van der Waals surface area contributed by atoms with Crippen LogP contribution in [0.5, 0.6) is 0 Å². The second-order valence-corrected chi connectivity index (χ2v) is 4.29. The standard InChI is InChI=1S/C12H18BNO4/c1-9(14-7-6-13(17)18)8-10-4-2-3-5-11(10)12(15)16/h2-5,9,14,17-18H,6-8H2,1H3,(H,15,16)/t9-/m1/s1. The highest BCUT2D eigenvalue weighted by molar-refractivity contribution is 6.41. The Morgan fingerprint density at radius 2 is 2.06 bits per heavy atom. The zero-order chi connectivity index (χ0) is 13.5. The molecule has 0 aliphatic carbocycles. The van der Waals surface area contributed by atoms with Gasteiger partial charge in [0.25, 0.3) is 0 Å². The number of aromatic carboxylic acids is 1. The van der Waals surface area contributed by atoms with Crippen molar-refractivity contribution in [2.45, 2.75) is 25.7 Å². The highest BCUT2D eigenvalue weighted by Gasteiger charge is 2.12. The monoisotopic (exact) mass is 251 g/mol. The Labute approximate surface area is 107 Å². The number of carbonyl (C=O) groups is 1. The minimum atomic E-state index is -1.31. The molecule has 0 fully saturated rings. The molecule has 1 aromatic rings. The van der Waals surface area contributed by atoms with Crippen molar-refractivity contribution in [1.82, 2.24) is 5.32 Å². The van der Waals surface area contributed by atoms with Crippen LogP contribution in [0.25, 0.3) is 0 Å². The average Bonchev–Trinajstić information content (AvgIpc) is 2.28. The molecule has 0 aromatic heterocycles. The summed E-state index contributed by atoms with van der Waals surface area (Å²) < 4.78 is 0. The van der Waals surface area contributed by atoms with Crippen LogP contribution < -0.4 is 5.32 Å². The Bertz CT molecular complexity index is 397. The molecule has 5 nitrogen and oxygen atoms in total. The van der Waals surface area contributed by atoms with E-state index in [-0.39, 0.29) is 12.4 Å². The number of carboxylic acid groups (broad SMARTS) is 1. The Morgan fingerprint density at radius 3 is 2.67 bits per heavy atom. The average molecular weight is 251 g/mol. The molecule has 18 heavy (non-hydrogen) atoms. The third kappa shape index (κ3) is 4.87. The molecule has 1 rings (SSSR count). The minimum Gasteiger partial charge on any atom is -0.478 e. The van der Waals surface area contributed by atoms with E-state index in [1.54, 1.807) is 18.2 Å². The topological polar surface area (TPSA) is 89.8 Å². The lowest BCUT2D eigenvalue weighted by atomic mass is 9.86. The molecule has 98 valence electrons. The van der Waals surface area contributed by atoms with Crippen molar-refractivity contribution in [3.8, 4) is 0 Å². The predicted molar refractivity (Wildman–Crippen MR) is 69.6 cm³/mol. The second kappa shape index (κ2) is 7.15. The van der Waals surface area contributed by atoms with E-state index in [1.807, 2.05) is 13.0 Å². The summed E-state index contributed by atoms with van der Waals surface area (Å²) in [6, 6.07) is 6.97. The maximum absolute atomic E-state index is 11.0. The fourth-order valence-corrected chi connectivity index (χ4v) is 1.77. The van der Waals surface area contributed by atoms with E-state index < -0.39 is 13.1 Å². The van der Waals surface area contributed by atoms with E-state index in [9.17, 15) is 4.79 Å². The molecule has 0 unspecified atom stereocenters. The summed E-state index contributed by atoms with van der Waals surface area (Å²) in [4.78, 5) is 11.0. The number of nitrogens with one attached hydrogen (secondary N) is 1. The van der Waals surface area contributed by atoms with Crippen LogP contribution in [-0.4, -0.2) is 40.8 Å². The normalized spacial score (nSPS) is 12.2. The van der Waals surface area contributed by atoms with Gasteiger partial charge in [-0.2, -0.15) is 0 Å². The molecular weight excluding hydrogens is 233 g/mol. The zero-order valence-corrected chi connectivity index (χ0v) is 10.3. The van der Waals surface area contributed by atoms with Crippen LogP contribution in [0.3, 0.4) is 0 Å². The van der Waals surface area contributed by atoms with Crippen LogP contribution in [0.15, 0.2) is 24.3 Å². The van der Waals surface area contributed by atoms with Gasteiger partial charge in [0.15, 0.2) is 0 Å². The third-order valence-electron chi connectivity index (χ3n) is 2.67. The first kappa shape index (κ1) is 14.7. The van der Waals surface area contributed by atoms with Crippen molar-refractivity contribution in [3.63, 3.8) is 0 Å². The van der Waals surface area contributed by atoms with Crippen LogP contribution in [0.4, 0.5) is 0 Å². The first-order valence-electron chi connectivity index (χ1n) is 5.91. The molecule has 4 N–H and O–H groups in total. The third-order valence-corrected chi connectivity index (χ3v) is 2.67. The van der Waals surface area contributed by atoms with Crippen molar-refractivity contribution in [2.24, 2.45) is 0 Å². The number of hydrogen-bond acceptors (Lipinski definition) is 4. The van der Waals surface area contributed by atoms with Crippen molar-refractivity contribution in [1.29, 1.82) is 0 Å². The lowest BCUT2D eigenvalue weighted by Crippen LogP contribution is -2.31. The van der Waals surface area contributed by atoms with E-state index in [0.717, 1.165) is 5.56 Å². The van der Waals surface area contributed by atoms with Crippen molar-refractivity contribution in [2.75, 3.05) is 6.54 Å². The van der Waals surface area contributed by atoms with E-state index in [0.29, 0.717) is 18.5 Å². The van der Waals surface area contributed by atoms with E-state index in [4.69, 9.17) is 15.2 Å². The molecule has 6 heteroatoms. The van der Waals surface area contributed by atoms with Gasteiger partial charge in [-0.25, -0.2) is 4.79 Å². The van der Waals surface area contributed by atoms with Crippen molar-refractivity contribution < 1.29 is 19.9 Å². The Balaban J connectivity index is 2.53. The first-order valence-corrected chi connectivity index (χ1v) is 5.91. The molecule has 0 aliphatic heterocycles. The van der Waals surface area contributed by atoms with Gasteiger partial charge in [-0.05, 0) is 37.8 Å². The highest BCUT2D eigenvalue weighted by Crippen LogP contribution is 2.11. The fraction of sp³-hybridized carbons (Fsp3) is 0.417. The Hall–Kier alpha value is -1.37. The van der Waals surface area contributed by atoms with Gasteiger partial charge in [-0.3, -0.25) is 0 Å². The Morgan fingerprint density at radius 1 is 1.39 bits per heavy atom. The van der Waals surface area contributed by atoms with Crippen LogP contribution in [0.2, 0.25) is 6.32 Å². The molecule has 0 bridgehead atoms. The number of hydrogen-bond donors (Lipinski definition) is 4. The van der Waals surface area contributed by atoms with E-state index in [1.165, 1.54) is 0 Å². The Kier molecular flexibility index (Phi) is 5.84. The van der Waals surface area contributed by atoms with Gasteiger partial charge in [0.1, 0.15) is 0 Å². The van der Waals surface area contributed by atoms with Gasteiger partial charge in [-0.1, -0.05) is 18.2 Å².